The Bertz CT molecular complexity index is 910. The molecular formula is C21H23BrN4O2. The number of benzodiazepines with no additional fused rings is 1. The van der Waals surface area contributed by atoms with Crippen molar-refractivity contribution in [3.05, 3.63) is 58.3 Å². The van der Waals surface area contributed by atoms with E-state index in [0.717, 1.165) is 27.1 Å². The van der Waals surface area contributed by atoms with Gasteiger partial charge in [0.05, 0.1) is 24.1 Å². The highest BCUT2D eigenvalue weighted by molar-refractivity contribution is 9.10. The standard InChI is InChI=1S/C21H23BrN4O2/c1-13(27)6-8-19-21(24-12-14(2)28)26-17-9-7-15(22)11-16(17)20(25-19)18-5-3-4-10-23-18/h3-5,7,9-11,14,19,28H,6,8,12H2,1-2H3,(H,24,26)/t14?,19-/m0/s1. The summed E-state index contributed by atoms with van der Waals surface area (Å²) < 4.78 is 0.932. The number of halogens is 1. The average Bonchev–Trinajstić information content (AvgIpc) is 2.82. The molecule has 2 aromatic rings. The Kier molecular flexibility index (Phi) is 6.70. The molecule has 2 atom stereocenters. The third-order valence-electron chi connectivity index (χ3n) is 4.30. The van der Waals surface area contributed by atoms with Crippen molar-refractivity contribution in [2.45, 2.75) is 38.8 Å². The van der Waals surface area contributed by atoms with Gasteiger partial charge in [-0.2, -0.15) is 0 Å². The Balaban J connectivity index is 2.13. The molecule has 28 heavy (non-hydrogen) atoms. The zero-order chi connectivity index (χ0) is 20.1. The fourth-order valence-corrected chi connectivity index (χ4v) is 3.31. The van der Waals surface area contributed by atoms with Crippen LogP contribution in [0.15, 0.2) is 57.1 Å². The lowest BCUT2D eigenvalue weighted by Gasteiger charge is -2.16. The SMILES string of the molecule is CC(=O)CC[C@@H]1N=C(c2ccccn2)c2cc(Br)ccc2NC1=NCC(C)O. The Morgan fingerprint density at radius 3 is 2.86 bits per heavy atom. The predicted octanol–water partition coefficient (Wildman–Crippen LogP) is 3.62. The summed E-state index contributed by atoms with van der Waals surface area (Å²) in [6, 6.07) is 11.3. The fraction of sp³-hybridized carbons (Fsp3) is 0.333. The van der Waals surface area contributed by atoms with E-state index < -0.39 is 6.10 Å². The number of aromatic nitrogens is 1. The number of benzene rings is 1. The van der Waals surface area contributed by atoms with Crippen molar-refractivity contribution in [3.8, 4) is 0 Å². The van der Waals surface area contributed by atoms with Gasteiger partial charge >= 0.3 is 0 Å². The third-order valence-corrected chi connectivity index (χ3v) is 4.80. The molecule has 0 aliphatic carbocycles. The first-order valence-corrected chi connectivity index (χ1v) is 10.0. The quantitative estimate of drug-likeness (QED) is 0.714. The molecule has 146 valence electrons. The molecule has 0 amide bonds. The van der Waals surface area contributed by atoms with Gasteiger partial charge in [-0.05, 0) is 50.6 Å². The zero-order valence-corrected chi connectivity index (χ0v) is 17.5. The van der Waals surface area contributed by atoms with Crippen molar-refractivity contribution < 1.29 is 9.90 Å². The number of anilines is 1. The number of fused-ring (bicyclic) bond motifs is 1. The van der Waals surface area contributed by atoms with Crippen LogP contribution in [-0.2, 0) is 4.79 Å². The summed E-state index contributed by atoms with van der Waals surface area (Å²) in [5.41, 5.74) is 3.28. The van der Waals surface area contributed by atoms with E-state index in [9.17, 15) is 9.90 Å². The number of aliphatic hydroxyl groups is 1. The van der Waals surface area contributed by atoms with Crippen LogP contribution in [0.2, 0.25) is 0 Å². The highest BCUT2D eigenvalue weighted by Gasteiger charge is 2.25. The van der Waals surface area contributed by atoms with Gasteiger partial charge in [0.2, 0.25) is 0 Å². The van der Waals surface area contributed by atoms with Crippen LogP contribution in [0.4, 0.5) is 5.69 Å². The normalized spacial score (nSPS) is 18.6. The lowest BCUT2D eigenvalue weighted by molar-refractivity contribution is -0.117. The van der Waals surface area contributed by atoms with E-state index in [0.29, 0.717) is 18.7 Å². The Morgan fingerprint density at radius 2 is 2.18 bits per heavy atom. The summed E-state index contributed by atoms with van der Waals surface area (Å²) in [5, 5.41) is 13.1. The van der Waals surface area contributed by atoms with E-state index in [1.807, 2.05) is 36.4 Å². The largest absolute Gasteiger partial charge is 0.391 e. The first kappa shape index (κ1) is 20.4. The van der Waals surface area contributed by atoms with E-state index in [2.05, 4.69) is 31.2 Å². The zero-order valence-electron chi connectivity index (χ0n) is 15.9. The number of nitrogens with one attached hydrogen (secondary N) is 1. The molecule has 0 bridgehead atoms. The summed E-state index contributed by atoms with van der Waals surface area (Å²) in [7, 11) is 0. The summed E-state index contributed by atoms with van der Waals surface area (Å²) >= 11 is 3.53. The molecule has 0 spiro atoms. The molecule has 6 nitrogen and oxygen atoms in total. The molecule has 0 saturated heterocycles. The van der Waals surface area contributed by atoms with E-state index in [-0.39, 0.29) is 18.4 Å². The number of aliphatic imine (C=N–C) groups is 2. The highest BCUT2D eigenvalue weighted by atomic mass is 79.9. The number of ketones is 1. The van der Waals surface area contributed by atoms with Crippen molar-refractivity contribution >= 4 is 38.9 Å². The number of nitrogens with zero attached hydrogens (tertiary/aromatic N) is 3. The van der Waals surface area contributed by atoms with Crippen molar-refractivity contribution in [2.24, 2.45) is 9.98 Å². The fourth-order valence-electron chi connectivity index (χ4n) is 2.95. The number of carbonyl (C=O) groups excluding carboxylic acids is 1. The minimum absolute atomic E-state index is 0.106. The Hall–Kier alpha value is -2.38. The molecule has 1 unspecified atom stereocenters. The molecular weight excluding hydrogens is 420 g/mol. The van der Waals surface area contributed by atoms with Gasteiger partial charge in [0.1, 0.15) is 17.7 Å². The number of Topliss-reactive ketones (excluding diaryl/α,β-unsaturated/α-hetero) is 1. The Morgan fingerprint density at radius 1 is 1.36 bits per heavy atom. The van der Waals surface area contributed by atoms with Crippen molar-refractivity contribution in [1.82, 2.24) is 4.98 Å². The molecule has 1 aromatic carbocycles. The van der Waals surface area contributed by atoms with Gasteiger partial charge in [0.15, 0.2) is 0 Å². The van der Waals surface area contributed by atoms with Crippen LogP contribution in [-0.4, -0.2) is 46.1 Å². The second kappa shape index (κ2) is 9.21. The van der Waals surface area contributed by atoms with Gasteiger partial charge in [0, 0.05) is 28.3 Å². The van der Waals surface area contributed by atoms with E-state index in [1.165, 1.54) is 0 Å². The maximum Gasteiger partial charge on any atom is 0.129 e. The number of amidine groups is 1. The van der Waals surface area contributed by atoms with E-state index >= 15 is 0 Å². The first-order valence-electron chi connectivity index (χ1n) is 9.22. The monoisotopic (exact) mass is 442 g/mol. The average molecular weight is 443 g/mol. The van der Waals surface area contributed by atoms with Gasteiger partial charge in [0.25, 0.3) is 0 Å². The predicted molar refractivity (Wildman–Crippen MR) is 115 cm³/mol. The van der Waals surface area contributed by atoms with E-state index in [1.54, 1.807) is 20.0 Å². The molecule has 0 radical (unpaired) electrons. The number of pyridine rings is 1. The molecule has 2 heterocycles. The second-order valence-corrected chi connectivity index (χ2v) is 7.75. The highest BCUT2D eigenvalue weighted by Crippen LogP contribution is 2.28. The number of hydrogen-bond acceptors (Lipinski definition) is 5. The maximum absolute atomic E-state index is 11.6. The van der Waals surface area contributed by atoms with Crippen LogP contribution in [0.25, 0.3) is 0 Å². The Labute approximate surface area is 173 Å². The lowest BCUT2D eigenvalue weighted by Crippen LogP contribution is -2.28. The maximum atomic E-state index is 11.6. The molecule has 1 aliphatic heterocycles. The smallest absolute Gasteiger partial charge is 0.129 e. The van der Waals surface area contributed by atoms with Crippen LogP contribution in [0.3, 0.4) is 0 Å². The van der Waals surface area contributed by atoms with Crippen LogP contribution in [0.5, 0.6) is 0 Å². The van der Waals surface area contributed by atoms with Crippen LogP contribution < -0.4 is 5.32 Å². The molecule has 1 aromatic heterocycles. The van der Waals surface area contributed by atoms with Gasteiger partial charge in [-0.3, -0.25) is 15.0 Å². The summed E-state index contributed by atoms with van der Waals surface area (Å²) in [6.07, 6.45) is 2.11. The van der Waals surface area contributed by atoms with Crippen molar-refractivity contribution in [2.75, 3.05) is 11.9 Å². The summed E-state index contributed by atoms with van der Waals surface area (Å²) in [6.45, 7) is 3.53. The van der Waals surface area contributed by atoms with Crippen molar-refractivity contribution in [1.29, 1.82) is 0 Å². The van der Waals surface area contributed by atoms with Gasteiger partial charge in [-0.15, -0.1) is 0 Å². The minimum atomic E-state index is -0.561. The van der Waals surface area contributed by atoms with Gasteiger partial charge < -0.3 is 15.2 Å². The third kappa shape index (κ3) is 5.11. The number of rotatable bonds is 6. The van der Waals surface area contributed by atoms with Gasteiger partial charge in [-0.1, -0.05) is 22.0 Å². The van der Waals surface area contributed by atoms with Crippen LogP contribution >= 0.6 is 15.9 Å². The van der Waals surface area contributed by atoms with E-state index in [4.69, 9.17) is 4.99 Å². The molecule has 3 rings (SSSR count). The molecule has 1 aliphatic rings. The number of aliphatic hydroxyl groups excluding tert-OH is 1. The molecule has 0 fully saturated rings. The summed E-state index contributed by atoms with van der Waals surface area (Å²) in [5.74, 6) is 0.755. The molecule has 7 heteroatoms. The molecule has 2 N–H and O–H groups in total. The lowest BCUT2D eigenvalue weighted by atomic mass is 10.0. The number of hydrogen-bond donors (Lipinski definition) is 2. The van der Waals surface area contributed by atoms with Crippen LogP contribution in [0, 0.1) is 0 Å². The first-order chi connectivity index (χ1) is 13.4. The van der Waals surface area contributed by atoms with Crippen molar-refractivity contribution in [3.63, 3.8) is 0 Å². The van der Waals surface area contributed by atoms with Crippen LogP contribution in [0.1, 0.15) is 37.9 Å². The summed E-state index contributed by atoms with van der Waals surface area (Å²) in [4.78, 5) is 25.6. The topological polar surface area (TPSA) is 86.9 Å². The molecule has 0 saturated carbocycles. The minimum Gasteiger partial charge on any atom is -0.391 e. The number of carbonyl (C=O) groups is 1. The van der Waals surface area contributed by atoms with Gasteiger partial charge in [-0.25, -0.2) is 0 Å². The second-order valence-electron chi connectivity index (χ2n) is 6.84.